The average molecular weight is 627 g/mol. The molecule has 1 aliphatic rings. The summed E-state index contributed by atoms with van der Waals surface area (Å²) in [4.78, 5) is 26.7. The molecule has 2 heterocycles. The predicted molar refractivity (Wildman–Crippen MR) is 120 cm³/mol. The number of carbonyl (C=O) groups excluding carboxylic acids is 2. The molecule has 36 heavy (non-hydrogen) atoms. The van der Waals surface area contributed by atoms with E-state index in [0.29, 0.717) is 3.57 Å². The van der Waals surface area contributed by atoms with E-state index < -0.39 is 59.6 Å². The van der Waals surface area contributed by atoms with Crippen LogP contribution >= 0.6 is 22.6 Å². The minimum Gasteiger partial charge on any atom is -0.417 e. The molecule has 4 rings (SSSR count). The number of aromatic nitrogens is 2. The van der Waals surface area contributed by atoms with E-state index in [1.807, 2.05) is 22.6 Å². The third-order valence-corrected chi connectivity index (χ3v) is 6.39. The number of amides is 2. The van der Waals surface area contributed by atoms with Crippen LogP contribution in [0, 0.1) is 10.5 Å². The zero-order chi connectivity index (χ0) is 26.5. The van der Waals surface area contributed by atoms with E-state index in [1.54, 1.807) is 17.2 Å². The van der Waals surface area contributed by atoms with E-state index in [9.17, 15) is 40.3 Å². The molecule has 2 aromatic carbocycles. The van der Waals surface area contributed by atoms with E-state index in [2.05, 4.69) is 9.84 Å². The van der Waals surface area contributed by atoms with Crippen molar-refractivity contribution in [2.45, 2.75) is 32.1 Å². The number of imide groups is 1. The van der Waals surface area contributed by atoms with E-state index >= 15 is 0 Å². The Hall–Kier alpha value is -3.17. The molecule has 1 aliphatic heterocycles. The van der Waals surface area contributed by atoms with Crippen LogP contribution < -0.4 is 9.64 Å². The maximum absolute atomic E-state index is 14.1. The van der Waals surface area contributed by atoms with Gasteiger partial charge >= 0.3 is 12.8 Å². The number of hydrogen-bond acceptors (Lipinski definition) is 4. The lowest BCUT2D eigenvalue weighted by Gasteiger charge is -2.22. The second-order valence-corrected chi connectivity index (χ2v) is 8.82. The number of H-pyrrole nitrogens is 1. The van der Waals surface area contributed by atoms with Crippen LogP contribution in [0.3, 0.4) is 0 Å². The van der Waals surface area contributed by atoms with E-state index in [0.717, 1.165) is 23.1 Å². The molecule has 0 spiro atoms. The van der Waals surface area contributed by atoms with Crippen molar-refractivity contribution >= 4 is 40.1 Å². The van der Waals surface area contributed by atoms with Crippen molar-refractivity contribution < 1.29 is 45.1 Å². The van der Waals surface area contributed by atoms with E-state index in [1.165, 1.54) is 13.0 Å². The molecule has 14 heteroatoms. The number of rotatable bonds is 6. The Morgan fingerprint density at radius 3 is 2.31 bits per heavy atom. The number of nitrogens with zero attached hydrogens (tertiary/aromatic N) is 2. The maximum Gasteiger partial charge on any atom is 0.435 e. The highest BCUT2D eigenvalue weighted by Crippen LogP contribution is 2.44. The molecule has 1 atom stereocenters. The quantitative estimate of drug-likeness (QED) is 0.203. The Morgan fingerprint density at radius 2 is 1.75 bits per heavy atom. The van der Waals surface area contributed by atoms with E-state index in [-0.39, 0.29) is 22.4 Å². The molecule has 0 bridgehead atoms. The minimum absolute atomic E-state index is 0.0288. The fourth-order valence-electron chi connectivity index (χ4n) is 4.04. The average Bonchev–Trinajstić information content (AvgIpc) is 3.28. The number of aryl methyl sites for hydroxylation is 1. The second kappa shape index (κ2) is 9.37. The summed E-state index contributed by atoms with van der Waals surface area (Å²) in [6.45, 7) is -2.24. The summed E-state index contributed by atoms with van der Waals surface area (Å²) in [6, 6.07) is 7.85. The van der Waals surface area contributed by atoms with E-state index in [4.69, 9.17) is 0 Å². The number of hydrogen-bond donors (Lipinski definition) is 1. The molecule has 1 aromatic heterocycles. The number of ether oxygens (including phenoxy) is 1. The van der Waals surface area contributed by atoms with Crippen LogP contribution in [-0.2, 0) is 6.18 Å². The number of aromatic amines is 1. The van der Waals surface area contributed by atoms with Gasteiger partial charge in [0.05, 0.1) is 28.3 Å². The molecule has 0 saturated heterocycles. The van der Waals surface area contributed by atoms with Gasteiger partial charge in [-0.25, -0.2) is 18.8 Å². The summed E-state index contributed by atoms with van der Waals surface area (Å²) in [6.07, 6.45) is -8.75. The molecule has 190 valence electrons. The van der Waals surface area contributed by atoms with Gasteiger partial charge in [-0.05, 0) is 58.8 Å². The molecule has 0 fully saturated rings. The van der Waals surface area contributed by atoms with Crippen LogP contribution in [0.25, 0.3) is 0 Å². The standard InChI is InChI=1S/C22H13F7IN3O3/c1-8-7-9(5-6-12(8)33-19(34)10-3-2-4-11(30)14(10)20(33)35)13(17(23)24)15-16(22(27,28)29)31-32-18(15)36-21(25)26/h2-7,13,17,21H,1H3,(H,31,32). The second-order valence-electron chi connectivity index (χ2n) is 7.66. The van der Waals surface area contributed by atoms with Crippen molar-refractivity contribution in [3.63, 3.8) is 0 Å². The summed E-state index contributed by atoms with van der Waals surface area (Å²) in [5.74, 6) is -4.93. The maximum atomic E-state index is 14.1. The first kappa shape index (κ1) is 25.9. The number of benzene rings is 2. The summed E-state index contributed by atoms with van der Waals surface area (Å²) in [5.41, 5.74) is -3.08. The van der Waals surface area contributed by atoms with Gasteiger partial charge in [0.2, 0.25) is 12.3 Å². The van der Waals surface area contributed by atoms with Crippen molar-refractivity contribution in [1.29, 1.82) is 0 Å². The Labute approximate surface area is 211 Å². The number of anilines is 1. The Kier molecular flexibility index (Phi) is 6.74. The first-order valence-corrected chi connectivity index (χ1v) is 11.1. The lowest BCUT2D eigenvalue weighted by molar-refractivity contribution is -0.142. The highest BCUT2D eigenvalue weighted by Gasteiger charge is 2.44. The molecule has 0 aliphatic carbocycles. The van der Waals surface area contributed by atoms with Crippen molar-refractivity contribution in [1.82, 2.24) is 10.2 Å². The molecule has 0 radical (unpaired) electrons. The Balaban J connectivity index is 1.80. The van der Waals surface area contributed by atoms with Crippen LogP contribution in [0.1, 0.15) is 49.0 Å². The highest BCUT2D eigenvalue weighted by atomic mass is 127. The van der Waals surface area contributed by atoms with Crippen LogP contribution in [0.2, 0.25) is 0 Å². The third kappa shape index (κ3) is 4.41. The summed E-state index contributed by atoms with van der Waals surface area (Å²) in [7, 11) is 0. The zero-order valence-electron chi connectivity index (χ0n) is 17.8. The van der Waals surface area contributed by atoms with Crippen molar-refractivity contribution in [3.8, 4) is 5.88 Å². The SMILES string of the molecule is Cc1cc(C(c2c(C(F)(F)F)n[nH]c2OC(F)F)C(F)F)ccc1N1C(=O)c2cccc(I)c2C1=O. The molecule has 0 saturated carbocycles. The molecule has 2 amide bonds. The Bertz CT molecular complexity index is 1360. The van der Waals surface area contributed by atoms with Gasteiger partial charge in [0, 0.05) is 3.57 Å². The van der Waals surface area contributed by atoms with Gasteiger partial charge in [0.1, 0.15) is 0 Å². The normalized spacial score (nSPS) is 14.7. The van der Waals surface area contributed by atoms with Crippen LogP contribution in [0.4, 0.5) is 36.4 Å². The van der Waals surface area contributed by atoms with Gasteiger partial charge in [-0.1, -0.05) is 18.2 Å². The largest absolute Gasteiger partial charge is 0.435 e. The van der Waals surface area contributed by atoms with Crippen molar-refractivity contribution in [2.75, 3.05) is 4.90 Å². The molecule has 3 aromatic rings. The van der Waals surface area contributed by atoms with Gasteiger partial charge < -0.3 is 4.74 Å². The zero-order valence-corrected chi connectivity index (χ0v) is 20.0. The first-order valence-electron chi connectivity index (χ1n) is 9.99. The third-order valence-electron chi connectivity index (χ3n) is 5.49. The lowest BCUT2D eigenvalue weighted by Crippen LogP contribution is -2.30. The minimum atomic E-state index is -5.25. The number of carbonyl (C=O) groups is 2. The van der Waals surface area contributed by atoms with Crippen LogP contribution in [0.15, 0.2) is 36.4 Å². The van der Waals surface area contributed by atoms with Crippen LogP contribution in [0.5, 0.6) is 5.88 Å². The number of alkyl halides is 7. The fourth-order valence-corrected chi connectivity index (χ4v) is 4.77. The molecular formula is C22H13F7IN3O3. The molecule has 1 unspecified atom stereocenters. The van der Waals surface area contributed by atoms with Crippen LogP contribution in [-0.4, -0.2) is 35.0 Å². The summed E-state index contributed by atoms with van der Waals surface area (Å²) < 4.78 is 98.8. The van der Waals surface area contributed by atoms with Gasteiger partial charge in [0.15, 0.2) is 5.69 Å². The number of halogens is 8. The smallest absolute Gasteiger partial charge is 0.417 e. The molecular weight excluding hydrogens is 614 g/mol. The molecule has 6 nitrogen and oxygen atoms in total. The number of fused-ring (bicyclic) bond motifs is 1. The summed E-state index contributed by atoms with van der Waals surface area (Å²) >= 11 is 1.89. The predicted octanol–water partition coefficient (Wildman–Crippen LogP) is 6.14. The van der Waals surface area contributed by atoms with Gasteiger partial charge in [-0.2, -0.15) is 27.1 Å². The fraction of sp³-hybridized carbons (Fsp3) is 0.227. The monoisotopic (exact) mass is 627 g/mol. The topological polar surface area (TPSA) is 75.3 Å². The first-order chi connectivity index (χ1) is 16.8. The van der Waals surface area contributed by atoms with Crippen molar-refractivity contribution in [2.24, 2.45) is 0 Å². The summed E-state index contributed by atoms with van der Waals surface area (Å²) in [5, 5.41) is 4.49. The molecule has 1 N–H and O–H groups in total. The number of nitrogens with one attached hydrogen (secondary N) is 1. The highest BCUT2D eigenvalue weighted by molar-refractivity contribution is 14.1. The van der Waals surface area contributed by atoms with Gasteiger partial charge in [-0.3, -0.25) is 9.59 Å². The van der Waals surface area contributed by atoms with Crippen molar-refractivity contribution in [3.05, 3.63) is 73.5 Å². The lowest BCUT2D eigenvalue weighted by atomic mass is 9.89. The Morgan fingerprint density at radius 1 is 1.06 bits per heavy atom. The van der Waals surface area contributed by atoms with Gasteiger partial charge in [0.25, 0.3) is 11.8 Å². The van der Waals surface area contributed by atoms with Gasteiger partial charge in [-0.15, -0.1) is 0 Å².